The van der Waals surface area contributed by atoms with E-state index in [1.165, 1.54) is 0 Å². The van der Waals surface area contributed by atoms with E-state index in [1.54, 1.807) is 24.3 Å². The highest BCUT2D eigenvalue weighted by atomic mass is 31.0. The highest BCUT2D eigenvalue weighted by molar-refractivity contribution is 7.39. The molecule has 0 N–H and O–H groups in total. The van der Waals surface area contributed by atoms with E-state index in [2.05, 4.69) is 4.85 Å². The number of rotatable bonds is 1. The van der Waals surface area contributed by atoms with Gasteiger partial charge < -0.3 is 4.74 Å². The SMILES string of the molecule is [C-]#[N+]c1ccc(OC(=O)P)cc1. The summed E-state index contributed by atoms with van der Waals surface area (Å²) in [5.41, 5.74) is 0.0871. The molecule has 0 aliphatic heterocycles. The van der Waals surface area contributed by atoms with Gasteiger partial charge in [0.2, 0.25) is 0 Å². The van der Waals surface area contributed by atoms with Crippen LogP contribution in [0, 0.1) is 6.57 Å². The Morgan fingerprint density at radius 2 is 2.00 bits per heavy atom. The van der Waals surface area contributed by atoms with Crippen LogP contribution in [-0.4, -0.2) is 5.71 Å². The van der Waals surface area contributed by atoms with Gasteiger partial charge in [-0.3, -0.25) is 0 Å². The van der Waals surface area contributed by atoms with Crippen LogP contribution in [0.1, 0.15) is 0 Å². The minimum Gasteiger partial charge on any atom is -0.424 e. The van der Waals surface area contributed by atoms with Crippen molar-refractivity contribution in [2.75, 3.05) is 0 Å². The van der Waals surface area contributed by atoms with Crippen molar-refractivity contribution in [1.82, 2.24) is 0 Å². The van der Waals surface area contributed by atoms with Crippen LogP contribution in [0.25, 0.3) is 4.85 Å². The average molecular weight is 179 g/mol. The molecule has 1 aromatic rings. The third-order valence-corrected chi connectivity index (χ3v) is 1.30. The molecule has 3 nitrogen and oxygen atoms in total. The summed E-state index contributed by atoms with van der Waals surface area (Å²) in [6, 6.07) is 6.34. The van der Waals surface area contributed by atoms with E-state index in [9.17, 15) is 4.79 Å². The molecule has 0 heterocycles. The third kappa shape index (κ3) is 2.34. The average Bonchev–Trinajstić information content (AvgIpc) is 2.05. The third-order valence-electron chi connectivity index (χ3n) is 1.18. The maximum Gasteiger partial charge on any atom is 0.325 e. The summed E-state index contributed by atoms with van der Waals surface area (Å²) < 4.78 is 4.73. The lowest BCUT2D eigenvalue weighted by Crippen LogP contribution is -1.94. The number of carbonyl (C=O) groups excluding carboxylic acids is 1. The zero-order chi connectivity index (χ0) is 8.97. The van der Waals surface area contributed by atoms with E-state index in [4.69, 9.17) is 11.3 Å². The molecule has 0 aliphatic rings. The summed E-state index contributed by atoms with van der Waals surface area (Å²) in [5, 5.41) is 0. The molecule has 0 amide bonds. The number of hydrogen-bond donors (Lipinski definition) is 0. The van der Waals surface area contributed by atoms with Gasteiger partial charge in [-0.2, -0.15) is 0 Å². The van der Waals surface area contributed by atoms with Crippen LogP contribution in [0.2, 0.25) is 0 Å². The number of benzene rings is 1. The van der Waals surface area contributed by atoms with Crippen molar-refractivity contribution in [3.05, 3.63) is 35.7 Å². The number of hydrogen-bond acceptors (Lipinski definition) is 2. The number of carbonyl (C=O) groups is 1. The quantitative estimate of drug-likeness (QED) is 0.490. The summed E-state index contributed by atoms with van der Waals surface area (Å²) in [6.07, 6.45) is 0. The first kappa shape index (κ1) is 8.70. The van der Waals surface area contributed by atoms with Crippen LogP contribution in [0.3, 0.4) is 0 Å². The zero-order valence-electron chi connectivity index (χ0n) is 6.15. The molecule has 60 valence electrons. The van der Waals surface area contributed by atoms with Gasteiger partial charge in [-0.15, -0.1) is 0 Å². The van der Waals surface area contributed by atoms with Crippen molar-refractivity contribution in [1.29, 1.82) is 0 Å². The first-order valence-corrected chi connectivity index (χ1v) is 3.75. The Hall–Kier alpha value is -1.39. The Morgan fingerprint density at radius 1 is 1.42 bits per heavy atom. The van der Waals surface area contributed by atoms with Crippen molar-refractivity contribution in [2.24, 2.45) is 0 Å². The Balaban J connectivity index is 2.80. The molecule has 4 heteroatoms. The molecule has 0 aromatic heterocycles. The molecule has 1 rings (SSSR count). The molecule has 12 heavy (non-hydrogen) atoms. The minimum absolute atomic E-state index is 0.439. The minimum atomic E-state index is -0.439. The van der Waals surface area contributed by atoms with Crippen LogP contribution in [-0.2, 0) is 0 Å². The second-order valence-corrected chi connectivity index (χ2v) is 2.50. The molecule has 0 saturated heterocycles. The molecule has 0 fully saturated rings. The van der Waals surface area contributed by atoms with Gasteiger partial charge in [0.05, 0.1) is 6.57 Å². The fraction of sp³-hybridized carbons (Fsp3) is 0. The predicted octanol–water partition coefficient (Wildman–Crippen LogP) is 2.61. The van der Waals surface area contributed by atoms with Gasteiger partial charge in [0.15, 0.2) is 5.69 Å². The van der Waals surface area contributed by atoms with Gasteiger partial charge in [-0.25, -0.2) is 9.64 Å². The van der Waals surface area contributed by atoms with Crippen LogP contribution >= 0.6 is 9.24 Å². The predicted molar refractivity (Wildman–Crippen MR) is 48.4 cm³/mol. The normalized spacial score (nSPS) is 8.67. The summed E-state index contributed by atoms with van der Waals surface area (Å²) >= 11 is 0. The van der Waals surface area contributed by atoms with Crippen molar-refractivity contribution in [3.63, 3.8) is 0 Å². The van der Waals surface area contributed by atoms with Crippen LogP contribution in [0.5, 0.6) is 5.75 Å². The Kier molecular flexibility index (Phi) is 2.79. The van der Waals surface area contributed by atoms with E-state index in [0.29, 0.717) is 11.4 Å². The summed E-state index contributed by atoms with van der Waals surface area (Å²) in [4.78, 5) is 13.6. The first-order chi connectivity index (χ1) is 5.72. The van der Waals surface area contributed by atoms with Crippen molar-refractivity contribution in [2.45, 2.75) is 0 Å². The van der Waals surface area contributed by atoms with Crippen LogP contribution < -0.4 is 4.74 Å². The standard InChI is InChI=1S/C8H6NO2P/c1-9-6-2-4-7(5-3-6)11-8(10)12/h2-5H,12H2. The highest BCUT2D eigenvalue weighted by Gasteiger charge is 1.96. The van der Waals surface area contributed by atoms with Crippen molar-refractivity contribution < 1.29 is 9.53 Å². The van der Waals surface area contributed by atoms with Crippen molar-refractivity contribution in [3.8, 4) is 5.75 Å². The van der Waals surface area contributed by atoms with Gasteiger partial charge >= 0.3 is 5.71 Å². The van der Waals surface area contributed by atoms with Crippen LogP contribution in [0.4, 0.5) is 10.5 Å². The zero-order valence-corrected chi connectivity index (χ0v) is 7.31. The van der Waals surface area contributed by atoms with Gasteiger partial charge in [-0.1, -0.05) is 12.1 Å². The van der Waals surface area contributed by atoms with Gasteiger partial charge in [-0.05, 0) is 21.4 Å². The lowest BCUT2D eigenvalue weighted by molar-refractivity contribution is 0.227. The summed E-state index contributed by atoms with van der Waals surface area (Å²) in [6.45, 7) is 6.67. The molecular weight excluding hydrogens is 173 g/mol. The fourth-order valence-electron chi connectivity index (χ4n) is 0.705. The lowest BCUT2D eigenvalue weighted by atomic mass is 10.3. The van der Waals surface area contributed by atoms with E-state index >= 15 is 0 Å². The second kappa shape index (κ2) is 3.85. The monoisotopic (exact) mass is 179 g/mol. The molecule has 0 bridgehead atoms. The molecule has 0 spiro atoms. The Bertz CT molecular complexity index is 326. The van der Waals surface area contributed by atoms with E-state index in [0.717, 1.165) is 0 Å². The topological polar surface area (TPSA) is 30.7 Å². The second-order valence-electron chi connectivity index (χ2n) is 2.03. The fourth-order valence-corrected chi connectivity index (χ4v) is 0.841. The molecule has 1 unspecified atom stereocenters. The smallest absolute Gasteiger partial charge is 0.325 e. The van der Waals surface area contributed by atoms with Crippen LogP contribution in [0.15, 0.2) is 24.3 Å². The molecular formula is C8H6NO2P. The lowest BCUT2D eigenvalue weighted by Gasteiger charge is -1.98. The molecule has 1 atom stereocenters. The number of ether oxygens (including phenoxy) is 1. The Morgan fingerprint density at radius 3 is 2.42 bits per heavy atom. The van der Waals surface area contributed by atoms with Gasteiger partial charge in [0.25, 0.3) is 0 Å². The Labute approximate surface area is 72.4 Å². The van der Waals surface area contributed by atoms with E-state index in [-0.39, 0.29) is 0 Å². The molecule has 0 aliphatic carbocycles. The maximum absolute atomic E-state index is 10.4. The number of nitrogens with zero attached hydrogens (tertiary/aromatic N) is 1. The van der Waals surface area contributed by atoms with Gasteiger partial charge in [0.1, 0.15) is 5.75 Å². The summed E-state index contributed by atoms with van der Waals surface area (Å²) in [7, 11) is 1.91. The largest absolute Gasteiger partial charge is 0.424 e. The highest BCUT2D eigenvalue weighted by Crippen LogP contribution is 2.18. The molecule has 0 saturated carbocycles. The van der Waals surface area contributed by atoms with Gasteiger partial charge in [0, 0.05) is 0 Å². The summed E-state index contributed by atoms with van der Waals surface area (Å²) in [5.74, 6) is 0.447. The van der Waals surface area contributed by atoms with E-state index < -0.39 is 5.71 Å². The molecule has 0 radical (unpaired) electrons. The van der Waals surface area contributed by atoms with Crippen molar-refractivity contribution >= 4 is 20.6 Å². The first-order valence-electron chi connectivity index (χ1n) is 3.17. The van der Waals surface area contributed by atoms with E-state index in [1.807, 2.05) is 9.24 Å². The molecule has 1 aromatic carbocycles. The maximum atomic E-state index is 10.4.